The van der Waals surface area contributed by atoms with Crippen LogP contribution in [-0.2, 0) is 6.42 Å². The summed E-state index contributed by atoms with van der Waals surface area (Å²) in [6.07, 6.45) is -1.21. The summed E-state index contributed by atoms with van der Waals surface area (Å²) in [7, 11) is 0. The number of alkyl halides is 2. The van der Waals surface area contributed by atoms with Crippen molar-refractivity contribution in [3.63, 3.8) is 0 Å². The van der Waals surface area contributed by atoms with E-state index in [1.54, 1.807) is 0 Å². The number of halogens is 4. The zero-order valence-electron chi connectivity index (χ0n) is 10.8. The summed E-state index contributed by atoms with van der Waals surface area (Å²) in [4.78, 5) is 0. The van der Waals surface area contributed by atoms with Gasteiger partial charge in [0.25, 0.3) is 0 Å². The van der Waals surface area contributed by atoms with E-state index < -0.39 is 24.3 Å². The van der Waals surface area contributed by atoms with Gasteiger partial charge in [-0.05, 0) is 41.5 Å². The molecule has 2 aromatic carbocycles. The van der Waals surface area contributed by atoms with Crippen LogP contribution in [0.25, 0.3) is 0 Å². The summed E-state index contributed by atoms with van der Waals surface area (Å²) in [5.41, 5.74) is 0.427. The monoisotopic (exact) mass is 300 g/mol. The predicted octanol–water partition coefficient (Wildman–Crippen LogP) is 3.84. The molecule has 0 saturated heterocycles. The van der Waals surface area contributed by atoms with E-state index in [9.17, 15) is 22.7 Å². The molecule has 0 saturated carbocycles. The Morgan fingerprint density at radius 2 is 1.67 bits per heavy atom. The topological polar surface area (TPSA) is 29.5 Å². The van der Waals surface area contributed by atoms with Gasteiger partial charge in [-0.3, -0.25) is 0 Å². The highest BCUT2D eigenvalue weighted by atomic mass is 19.3. The van der Waals surface area contributed by atoms with Crippen molar-refractivity contribution >= 4 is 0 Å². The summed E-state index contributed by atoms with van der Waals surface area (Å²) in [6.45, 7) is -2.93. The third-order valence-corrected chi connectivity index (χ3v) is 2.91. The van der Waals surface area contributed by atoms with Gasteiger partial charge in [-0.15, -0.1) is 0 Å². The average molecular weight is 300 g/mol. The van der Waals surface area contributed by atoms with E-state index in [1.807, 2.05) is 0 Å². The number of ether oxygens (including phenoxy) is 1. The molecular weight excluding hydrogens is 288 g/mol. The summed E-state index contributed by atoms with van der Waals surface area (Å²) in [6, 6.07) is 8.30. The third-order valence-electron chi connectivity index (χ3n) is 2.91. The number of aliphatic hydroxyl groups excluding tert-OH is 1. The summed E-state index contributed by atoms with van der Waals surface area (Å²) in [5.74, 6) is -1.26. The fourth-order valence-electron chi connectivity index (χ4n) is 1.90. The number of hydrogen-bond acceptors (Lipinski definition) is 2. The Hall–Kier alpha value is -2.08. The van der Waals surface area contributed by atoms with Crippen LogP contribution in [0.5, 0.6) is 5.75 Å². The largest absolute Gasteiger partial charge is 0.435 e. The molecule has 2 rings (SSSR count). The first kappa shape index (κ1) is 15.3. The molecule has 21 heavy (non-hydrogen) atoms. The van der Waals surface area contributed by atoms with Crippen molar-refractivity contribution in [1.82, 2.24) is 0 Å². The van der Waals surface area contributed by atoms with Gasteiger partial charge in [0.1, 0.15) is 17.4 Å². The van der Waals surface area contributed by atoms with Gasteiger partial charge >= 0.3 is 6.61 Å². The first-order chi connectivity index (χ1) is 9.95. The lowest BCUT2D eigenvalue weighted by molar-refractivity contribution is -0.0498. The van der Waals surface area contributed by atoms with Crippen molar-refractivity contribution in [1.29, 1.82) is 0 Å². The molecule has 0 aliphatic rings. The van der Waals surface area contributed by atoms with Gasteiger partial charge < -0.3 is 9.84 Å². The van der Waals surface area contributed by atoms with E-state index >= 15 is 0 Å². The van der Waals surface area contributed by atoms with Crippen molar-refractivity contribution < 1.29 is 27.4 Å². The summed E-state index contributed by atoms with van der Waals surface area (Å²) in [5, 5.41) is 9.98. The minimum absolute atomic E-state index is 0.0374. The maximum absolute atomic E-state index is 13.5. The van der Waals surface area contributed by atoms with Gasteiger partial charge in [0.15, 0.2) is 0 Å². The maximum Gasteiger partial charge on any atom is 0.387 e. The normalized spacial score (nSPS) is 12.5. The lowest BCUT2D eigenvalue weighted by Crippen LogP contribution is -2.05. The lowest BCUT2D eigenvalue weighted by atomic mass is 10.0. The highest BCUT2D eigenvalue weighted by Gasteiger charge is 2.13. The van der Waals surface area contributed by atoms with Crippen LogP contribution in [0, 0.1) is 11.6 Å². The molecule has 0 spiro atoms. The van der Waals surface area contributed by atoms with E-state index in [2.05, 4.69) is 4.74 Å². The van der Waals surface area contributed by atoms with Gasteiger partial charge in [-0.1, -0.05) is 12.1 Å². The van der Waals surface area contributed by atoms with Crippen LogP contribution in [0.15, 0.2) is 42.5 Å². The molecule has 0 heterocycles. The Morgan fingerprint density at radius 3 is 2.29 bits per heavy atom. The molecule has 1 atom stereocenters. The molecule has 0 fully saturated rings. The Morgan fingerprint density at radius 1 is 1.00 bits per heavy atom. The SMILES string of the molecule is OC(Cc1cc(F)ccc1F)c1ccc(OC(F)F)cc1. The Kier molecular flexibility index (Phi) is 4.80. The van der Waals surface area contributed by atoms with Crippen molar-refractivity contribution in [3.8, 4) is 5.75 Å². The minimum atomic E-state index is -2.93. The average Bonchev–Trinajstić information content (AvgIpc) is 2.43. The van der Waals surface area contributed by atoms with Crippen molar-refractivity contribution in [2.45, 2.75) is 19.1 Å². The molecule has 0 bridgehead atoms. The van der Waals surface area contributed by atoms with E-state index in [4.69, 9.17) is 0 Å². The number of benzene rings is 2. The molecule has 0 radical (unpaired) electrons. The summed E-state index contributed by atoms with van der Waals surface area (Å²) < 4.78 is 54.7. The molecule has 0 aromatic heterocycles. The number of aliphatic hydroxyl groups is 1. The Bertz CT molecular complexity index is 599. The van der Waals surface area contributed by atoms with Crippen LogP contribution in [0.2, 0.25) is 0 Å². The molecule has 2 aromatic rings. The highest BCUT2D eigenvalue weighted by molar-refractivity contribution is 5.30. The fraction of sp³-hybridized carbons (Fsp3) is 0.200. The third kappa shape index (κ3) is 4.19. The number of rotatable bonds is 5. The van der Waals surface area contributed by atoms with Gasteiger partial charge in [0.2, 0.25) is 0 Å². The van der Waals surface area contributed by atoms with Gasteiger partial charge in [-0.25, -0.2) is 8.78 Å². The van der Waals surface area contributed by atoms with Crippen LogP contribution in [-0.4, -0.2) is 11.7 Å². The smallest absolute Gasteiger partial charge is 0.387 e. The quantitative estimate of drug-likeness (QED) is 0.850. The van der Waals surface area contributed by atoms with Crippen molar-refractivity contribution in [2.24, 2.45) is 0 Å². The summed E-state index contributed by atoms with van der Waals surface area (Å²) >= 11 is 0. The highest BCUT2D eigenvalue weighted by Crippen LogP contribution is 2.23. The minimum Gasteiger partial charge on any atom is -0.435 e. The van der Waals surface area contributed by atoms with E-state index in [1.165, 1.54) is 24.3 Å². The lowest BCUT2D eigenvalue weighted by Gasteiger charge is -2.13. The van der Waals surface area contributed by atoms with Crippen LogP contribution in [0.4, 0.5) is 17.6 Å². The molecule has 0 amide bonds. The maximum atomic E-state index is 13.5. The molecule has 112 valence electrons. The predicted molar refractivity (Wildman–Crippen MR) is 68.1 cm³/mol. The Labute approximate surface area is 118 Å². The number of hydrogen-bond donors (Lipinski definition) is 1. The molecule has 1 N–H and O–H groups in total. The Balaban J connectivity index is 2.09. The van der Waals surface area contributed by atoms with Crippen LogP contribution in [0.1, 0.15) is 17.2 Å². The van der Waals surface area contributed by atoms with E-state index in [0.717, 1.165) is 18.2 Å². The molecule has 0 aliphatic heterocycles. The second kappa shape index (κ2) is 6.58. The van der Waals surface area contributed by atoms with Crippen molar-refractivity contribution in [2.75, 3.05) is 0 Å². The molecule has 2 nitrogen and oxygen atoms in total. The molecule has 0 aliphatic carbocycles. The fourth-order valence-corrected chi connectivity index (χ4v) is 1.90. The van der Waals surface area contributed by atoms with E-state index in [-0.39, 0.29) is 17.7 Å². The van der Waals surface area contributed by atoms with Gasteiger partial charge in [0, 0.05) is 6.42 Å². The van der Waals surface area contributed by atoms with Crippen molar-refractivity contribution in [3.05, 3.63) is 65.2 Å². The van der Waals surface area contributed by atoms with Gasteiger partial charge in [0.05, 0.1) is 6.10 Å². The first-order valence-corrected chi connectivity index (χ1v) is 6.12. The zero-order valence-corrected chi connectivity index (χ0v) is 10.8. The van der Waals surface area contributed by atoms with Crippen LogP contribution < -0.4 is 4.74 Å². The van der Waals surface area contributed by atoms with E-state index in [0.29, 0.717) is 5.56 Å². The van der Waals surface area contributed by atoms with Crippen LogP contribution >= 0.6 is 0 Å². The van der Waals surface area contributed by atoms with Gasteiger partial charge in [-0.2, -0.15) is 8.78 Å². The zero-order chi connectivity index (χ0) is 15.4. The second-order valence-corrected chi connectivity index (χ2v) is 4.40. The first-order valence-electron chi connectivity index (χ1n) is 6.12. The van der Waals surface area contributed by atoms with Crippen LogP contribution in [0.3, 0.4) is 0 Å². The molecule has 1 unspecified atom stereocenters. The molecule has 6 heteroatoms. The molecular formula is C15H12F4O2. The second-order valence-electron chi connectivity index (χ2n) is 4.40. The standard InChI is InChI=1S/C15H12F4O2/c16-11-3-6-13(17)10(7-11)8-14(20)9-1-4-12(5-2-9)21-15(18)19/h1-7,14-15,20H,8H2.